The molecule has 0 aromatic heterocycles. The third-order valence-electron chi connectivity index (χ3n) is 1.55. The summed E-state index contributed by atoms with van der Waals surface area (Å²) in [5, 5.41) is 5.44. The molecule has 3 amide bonds. The van der Waals surface area contributed by atoms with Crippen LogP contribution in [0.4, 0.5) is 4.79 Å². The maximum Gasteiger partial charge on any atom is 0.316 e. The van der Waals surface area contributed by atoms with E-state index in [1.54, 1.807) is 14.1 Å². The van der Waals surface area contributed by atoms with Gasteiger partial charge in [0.25, 0.3) is 0 Å². The number of amides is 3. The van der Waals surface area contributed by atoms with Gasteiger partial charge in [-0.15, -0.1) is 0 Å². The Kier molecular flexibility index (Phi) is 5.11. The maximum atomic E-state index is 11.3. The number of hydrogen-bond donors (Lipinski definition) is 2. The molecule has 0 unspecified atom stereocenters. The third-order valence-corrected chi connectivity index (χ3v) is 1.55. The Bertz CT molecular complexity index is 231. The minimum Gasteiger partial charge on any atom is -0.351 e. The topological polar surface area (TPSA) is 61.4 Å². The SMILES string of the molecule is CN(C)C(=O)NCCC(=O)NC(C)(C)C. The molecule has 0 aromatic rings. The van der Waals surface area contributed by atoms with Crippen molar-refractivity contribution >= 4 is 11.9 Å². The van der Waals surface area contributed by atoms with Gasteiger partial charge in [-0.25, -0.2) is 4.79 Å². The number of urea groups is 1. The van der Waals surface area contributed by atoms with Crippen LogP contribution in [-0.2, 0) is 4.79 Å². The van der Waals surface area contributed by atoms with E-state index in [-0.39, 0.29) is 17.5 Å². The van der Waals surface area contributed by atoms with E-state index in [2.05, 4.69) is 10.6 Å². The normalized spacial score (nSPS) is 10.7. The minimum atomic E-state index is -0.220. The molecule has 0 spiro atoms. The van der Waals surface area contributed by atoms with Gasteiger partial charge in [-0.05, 0) is 20.8 Å². The van der Waals surface area contributed by atoms with Crippen molar-refractivity contribution in [2.45, 2.75) is 32.7 Å². The summed E-state index contributed by atoms with van der Waals surface area (Å²) in [5.74, 6) is -0.0541. The second-order valence-electron chi connectivity index (χ2n) is 4.67. The third kappa shape index (κ3) is 7.78. The van der Waals surface area contributed by atoms with Gasteiger partial charge in [0.2, 0.25) is 5.91 Å². The number of rotatable bonds is 3. The van der Waals surface area contributed by atoms with Crippen LogP contribution in [0.25, 0.3) is 0 Å². The van der Waals surface area contributed by atoms with E-state index < -0.39 is 0 Å². The largest absolute Gasteiger partial charge is 0.351 e. The van der Waals surface area contributed by atoms with E-state index in [0.29, 0.717) is 13.0 Å². The number of nitrogens with one attached hydrogen (secondary N) is 2. The number of nitrogens with zero attached hydrogens (tertiary/aromatic N) is 1. The maximum absolute atomic E-state index is 11.3. The van der Waals surface area contributed by atoms with Gasteiger partial charge < -0.3 is 15.5 Å². The molecule has 0 saturated heterocycles. The molecule has 0 aliphatic heterocycles. The summed E-state index contributed by atoms with van der Waals surface area (Å²) in [7, 11) is 3.31. The van der Waals surface area contributed by atoms with Crippen LogP contribution in [0.15, 0.2) is 0 Å². The fourth-order valence-corrected chi connectivity index (χ4v) is 0.922. The molecule has 0 saturated carbocycles. The van der Waals surface area contributed by atoms with E-state index >= 15 is 0 Å². The van der Waals surface area contributed by atoms with Crippen molar-refractivity contribution in [2.75, 3.05) is 20.6 Å². The smallest absolute Gasteiger partial charge is 0.316 e. The molecule has 0 rings (SSSR count). The summed E-state index contributed by atoms with van der Waals surface area (Å²) >= 11 is 0. The van der Waals surface area contributed by atoms with Crippen LogP contribution in [0.1, 0.15) is 27.2 Å². The first-order valence-corrected chi connectivity index (χ1v) is 4.98. The average molecular weight is 215 g/mol. The van der Waals surface area contributed by atoms with Gasteiger partial charge in [-0.3, -0.25) is 4.79 Å². The molecule has 0 bridgehead atoms. The van der Waals surface area contributed by atoms with Crippen molar-refractivity contribution in [2.24, 2.45) is 0 Å². The minimum absolute atomic E-state index is 0.0541. The van der Waals surface area contributed by atoms with Gasteiger partial charge in [0, 0.05) is 32.6 Å². The van der Waals surface area contributed by atoms with Crippen LogP contribution in [0.2, 0.25) is 0 Å². The van der Waals surface area contributed by atoms with E-state index in [1.165, 1.54) is 4.90 Å². The first-order chi connectivity index (χ1) is 6.72. The number of carbonyl (C=O) groups is 2. The molecule has 0 aromatic carbocycles. The van der Waals surface area contributed by atoms with Crippen LogP contribution in [0.3, 0.4) is 0 Å². The zero-order chi connectivity index (χ0) is 12.1. The van der Waals surface area contributed by atoms with Crippen molar-refractivity contribution in [3.8, 4) is 0 Å². The van der Waals surface area contributed by atoms with Gasteiger partial charge in [-0.2, -0.15) is 0 Å². The van der Waals surface area contributed by atoms with Crippen LogP contribution >= 0.6 is 0 Å². The Morgan fingerprint density at radius 3 is 2.13 bits per heavy atom. The second-order valence-corrected chi connectivity index (χ2v) is 4.67. The van der Waals surface area contributed by atoms with Crippen molar-refractivity contribution < 1.29 is 9.59 Å². The lowest BCUT2D eigenvalue weighted by Crippen LogP contribution is -2.42. The summed E-state index contributed by atoms with van der Waals surface area (Å²) in [4.78, 5) is 23.9. The van der Waals surface area contributed by atoms with Crippen LogP contribution in [-0.4, -0.2) is 43.0 Å². The highest BCUT2D eigenvalue weighted by Gasteiger charge is 2.13. The summed E-state index contributed by atoms with van der Waals surface area (Å²) in [6.07, 6.45) is 0.302. The van der Waals surface area contributed by atoms with E-state index in [0.717, 1.165) is 0 Å². The lowest BCUT2D eigenvalue weighted by molar-refractivity contribution is -0.122. The molecule has 0 aliphatic rings. The lowest BCUT2D eigenvalue weighted by Gasteiger charge is -2.20. The first-order valence-electron chi connectivity index (χ1n) is 4.98. The predicted molar refractivity (Wildman–Crippen MR) is 59.6 cm³/mol. The Labute approximate surface area is 91.2 Å². The van der Waals surface area contributed by atoms with E-state index in [9.17, 15) is 9.59 Å². The molecule has 0 fully saturated rings. The zero-order valence-corrected chi connectivity index (χ0v) is 10.2. The fraction of sp³-hybridized carbons (Fsp3) is 0.800. The Balaban J connectivity index is 3.70. The molecule has 5 heteroatoms. The van der Waals surface area contributed by atoms with Crippen molar-refractivity contribution in [1.29, 1.82) is 0 Å². The van der Waals surface area contributed by atoms with Gasteiger partial charge >= 0.3 is 6.03 Å². The quantitative estimate of drug-likeness (QED) is 0.722. The molecule has 2 N–H and O–H groups in total. The van der Waals surface area contributed by atoms with Crippen LogP contribution < -0.4 is 10.6 Å². The summed E-state index contributed by atoms with van der Waals surface area (Å²) in [6.45, 7) is 6.12. The number of carbonyl (C=O) groups excluding carboxylic acids is 2. The highest BCUT2D eigenvalue weighted by molar-refractivity contribution is 5.78. The monoisotopic (exact) mass is 215 g/mol. The van der Waals surface area contributed by atoms with Gasteiger partial charge in [0.05, 0.1) is 0 Å². The van der Waals surface area contributed by atoms with Crippen molar-refractivity contribution in [1.82, 2.24) is 15.5 Å². The van der Waals surface area contributed by atoms with Crippen molar-refractivity contribution in [3.05, 3.63) is 0 Å². The Morgan fingerprint density at radius 1 is 1.20 bits per heavy atom. The summed E-state index contributed by atoms with van der Waals surface area (Å²) < 4.78 is 0. The molecule has 5 nitrogen and oxygen atoms in total. The van der Waals surface area contributed by atoms with Crippen molar-refractivity contribution in [3.63, 3.8) is 0 Å². The van der Waals surface area contributed by atoms with Crippen LogP contribution in [0.5, 0.6) is 0 Å². The average Bonchev–Trinajstić information content (AvgIpc) is 2.00. The Hall–Kier alpha value is -1.26. The standard InChI is InChI=1S/C10H21N3O2/c1-10(2,3)12-8(14)6-7-11-9(15)13(4)5/h6-7H2,1-5H3,(H,11,15)(H,12,14). The lowest BCUT2D eigenvalue weighted by atomic mass is 10.1. The molecular formula is C10H21N3O2. The molecule has 88 valence electrons. The van der Waals surface area contributed by atoms with Gasteiger partial charge in [0.15, 0.2) is 0 Å². The van der Waals surface area contributed by atoms with Gasteiger partial charge in [-0.1, -0.05) is 0 Å². The molecule has 0 atom stereocenters. The molecule has 15 heavy (non-hydrogen) atoms. The van der Waals surface area contributed by atoms with Gasteiger partial charge in [0.1, 0.15) is 0 Å². The number of hydrogen-bond acceptors (Lipinski definition) is 2. The molecule has 0 aliphatic carbocycles. The Morgan fingerprint density at radius 2 is 1.73 bits per heavy atom. The fourth-order valence-electron chi connectivity index (χ4n) is 0.922. The molecule has 0 heterocycles. The van der Waals surface area contributed by atoms with E-state index in [1.807, 2.05) is 20.8 Å². The van der Waals surface area contributed by atoms with Crippen LogP contribution in [0, 0.1) is 0 Å². The molecule has 0 radical (unpaired) electrons. The highest BCUT2D eigenvalue weighted by atomic mass is 16.2. The zero-order valence-electron chi connectivity index (χ0n) is 10.2. The second kappa shape index (κ2) is 5.58. The summed E-state index contributed by atoms with van der Waals surface area (Å²) in [5.41, 5.74) is -0.220. The summed E-state index contributed by atoms with van der Waals surface area (Å²) in [6, 6.07) is -0.182. The molecular weight excluding hydrogens is 194 g/mol. The predicted octanol–water partition coefficient (Wildman–Crippen LogP) is 0.562. The highest BCUT2D eigenvalue weighted by Crippen LogP contribution is 1.98. The first kappa shape index (κ1) is 13.7. The van der Waals surface area contributed by atoms with E-state index in [4.69, 9.17) is 0 Å².